The van der Waals surface area contributed by atoms with Crippen LogP contribution < -0.4 is 20.2 Å². The van der Waals surface area contributed by atoms with Gasteiger partial charge in [0.15, 0.2) is 4.80 Å². The monoisotopic (exact) mass is 603 g/mol. The summed E-state index contributed by atoms with van der Waals surface area (Å²) in [5.74, 6) is -0.297. The fourth-order valence-electron chi connectivity index (χ4n) is 5.57. The van der Waals surface area contributed by atoms with Gasteiger partial charge in [-0.1, -0.05) is 59.9 Å². The average Bonchev–Trinajstić information content (AvgIpc) is 3.56. The molecule has 0 spiro atoms. The van der Waals surface area contributed by atoms with Crippen molar-refractivity contribution in [1.82, 2.24) is 9.13 Å². The molecule has 0 bridgehead atoms. The summed E-state index contributed by atoms with van der Waals surface area (Å²) in [7, 11) is 0. The van der Waals surface area contributed by atoms with Gasteiger partial charge in [-0.05, 0) is 75.6 Å². The van der Waals surface area contributed by atoms with Crippen LogP contribution in [0, 0.1) is 39.0 Å². The molecule has 7 nitrogen and oxygen atoms in total. The Hall–Kier alpha value is -4.78. The van der Waals surface area contributed by atoms with Crippen LogP contribution in [0.25, 0.3) is 11.1 Å². The number of anilines is 1. The highest BCUT2D eigenvalue weighted by Crippen LogP contribution is 2.34. The quantitative estimate of drug-likeness (QED) is 0.274. The molecular weight excluding hydrogens is 575 g/mol. The van der Waals surface area contributed by atoms with Crippen LogP contribution in [0.15, 0.2) is 87.8 Å². The van der Waals surface area contributed by atoms with E-state index in [1.807, 2.05) is 107 Å². The summed E-state index contributed by atoms with van der Waals surface area (Å²) in [5.41, 5.74) is 6.77. The highest BCUT2D eigenvalue weighted by Gasteiger charge is 2.32. The van der Waals surface area contributed by atoms with Gasteiger partial charge < -0.3 is 9.88 Å². The predicted molar refractivity (Wildman–Crippen MR) is 173 cm³/mol. The number of benzene rings is 2. The highest BCUT2D eigenvalue weighted by molar-refractivity contribution is 7.15. The van der Waals surface area contributed by atoms with Gasteiger partial charge in [0.05, 0.1) is 27.4 Å². The molecule has 1 aliphatic rings. The van der Waals surface area contributed by atoms with Crippen LogP contribution in [0.2, 0.25) is 0 Å². The van der Waals surface area contributed by atoms with E-state index in [1.165, 1.54) is 11.3 Å². The number of hydrogen-bond donors (Lipinski definition) is 1. The first kappa shape index (κ1) is 28.3. The van der Waals surface area contributed by atoms with Crippen LogP contribution in [0.3, 0.4) is 0 Å². The molecule has 43 heavy (non-hydrogen) atoms. The molecule has 9 heteroatoms. The number of allylic oxidation sites excluding steroid dienone is 1. The molecule has 0 saturated heterocycles. The van der Waals surface area contributed by atoms with E-state index in [0.717, 1.165) is 38.0 Å². The normalized spacial score (nSPS) is 14.8. The molecule has 0 saturated carbocycles. The van der Waals surface area contributed by atoms with Gasteiger partial charge in [-0.3, -0.25) is 14.2 Å². The Kier molecular flexibility index (Phi) is 7.34. The standard InChI is InChI=1S/C34H29N5O2S2/c1-19-16-25(22(4)38(19)33-27(18-35)20(2)23(5)42-33)17-28-32(41)39-30(24-12-8-6-9-13-24)29(21(3)36-34(39)43-28)31(40)37-26-14-10-7-11-15-26/h6-17,30H,1-5H3,(H,37,40)/b28-17+/t30-/m1/s1. The molecule has 1 aliphatic heterocycles. The number of nitrogens with zero attached hydrogens (tertiary/aromatic N) is 4. The van der Waals surface area contributed by atoms with Gasteiger partial charge in [-0.25, -0.2) is 4.99 Å². The van der Waals surface area contributed by atoms with Crippen LogP contribution in [-0.2, 0) is 4.79 Å². The molecule has 214 valence electrons. The van der Waals surface area contributed by atoms with Crippen molar-refractivity contribution in [2.75, 3.05) is 5.32 Å². The third-order valence-electron chi connectivity index (χ3n) is 7.85. The average molecular weight is 604 g/mol. The molecule has 5 aromatic rings. The Bertz CT molecular complexity index is 2160. The van der Waals surface area contributed by atoms with Gasteiger partial charge >= 0.3 is 0 Å². The first-order valence-corrected chi connectivity index (χ1v) is 15.5. The van der Waals surface area contributed by atoms with E-state index in [4.69, 9.17) is 4.99 Å². The van der Waals surface area contributed by atoms with E-state index < -0.39 is 6.04 Å². The number of thiophene rings is 1. The number of carbonyl (C=O) groups excluding carboxylic acids is 1. The lowest BCUT2D eigenvalue weighted by atomic mass is 9.95. The van der Waals surface area contributed by atoms with E-state index in [2.05, 4.69) is 16.0 Å². The number of carbonyl (C=O) groups is 1. The SMILES string of the molecule is CC1=C(C(=O)Nc2ccccc2)[C@@H](c2ccccc2)n2c(s/c(=C/c3cc(C)n(-c4sc(C)c(C)c4C#N)c3C)c2=O)=N1. The second-order valence-corrected chi connectivity index (χ2v) is 12.8. The molecule has 1 N–H and O–H groups in total. The number of amides is 1. The third-order valence-corrected chi connectivity index (χ3v) is 10.0. The third kappa shape index (κ3) is 4.88. The minimum Gasteiger partial charge on any atom is -0.322 e. The molecule has 2 aromatic carbocycles. The fraction of sp³-hybridized carbons (Fsp3) is 0.176. The second-order valence-electron chi connectivity index (χ2n) is 10.5. The summed E-state index contributed by atoms with van der Waals surface area (Å²) >= 11 is 2.91. The molecule has 3 aromatic heterocycles. The zero-order valence-electron chi connectivity index (χ0n) is 24.4. The van der Waals surface area contributed by atoms with Crippen molar-refractivity contribution in [3.05, 3.63) is 136 Å². The van der Waals surface area contributed by atoms with Crippen molar-refractivity contribution in [2.24, 2.45) is 4.99 Å². The Morgan fingerprint density at radius 3 is 2.35 bits per heavy atom. The summed E-state index contributed by atoms with van der Waals surface area (Å²) in [6, 6.07) is 22.6. The van der Waals surface area contributed by atoms with Gasteiger partial charge in [-0.15, -0.1) is 11.3 Å². The first-order valence-electron chi connectivity index (χ1n) is 13.8. The molecule has 0 fully saturated rings. The van der Waals surface area contributed by atoms with E-state index in [-0.39, 0.29) is 11.5 Å². The Balaban J connectivity index is 1.49. The Morgan fingerprint density at radius 2 is 1.67 bits per heavy atom. The lowest BCUT2D eigenvalue weighted by molar-refractivity contribution is -0.113. The maximum absolute atomic E-state index is 14.1. The number of fused-ring (bicyclic) bond motifs is 1. The number of nitriles is 1. The van der Waals surface area contributed by atoms with Crippen molar-refractivity contribution in [1.29, 1.82) is 5.26 Å². The molecule has 0 radical (unpaired) electrons. The first-order chi connectivity index (χ1) is 20.7. The van der Waals surface area contributed by atoms with Gasteiger partial charge in [0, 0.05) is 22.0 Å². The number of rotatable bonds is 5. The van der Waals surface area contributed by atoms with E-state index in [0.29, 0.717) is 31.9 Å². The molecule has 0 unspecified atom stereocenters. The van der Waals surface area contributed by atoms with Crippen molar-refractivity contribution in [2.45, 2.75) is 40.7 Å². The molecule has 6 rings (SSSR count). The molecule has 4 heterocycles. The number of aromatic nitrogens is 2. The van der Waals surface area contributed by atoms with Crippen molar-refractivity contribution >= 4 is 40.3 Å². The summed E-state index contributed by atoms with van der Waals surface area (Å²) in [6.07, 6.45) is 1.90. The summed E-state index contributed by atoms with van der Waals surface area (Å²) in [6.45, 7) is 9.83. The lowest BCUT2D eigenvalue weighted by Crippen LogP contribution is -2.40. The Labute approximate surface area is 257 Å². The van der Waals surface area contributed by atoms with Crippen LogP contribution in [-0.4, -0.2) is 15.0 Å². The van der Waals surface area contributed by atoms with Crippen LogP contribution >= 0.6 is 22.7 Å². The highest BCUT2D eigenvalue weighted by atomic mass is 32.1. The zero-order valence-corrected chi connectivity index (χ0v) is 26.1. The zero-order chi connectivity index (χ0) is 30.4. The van der Waals surface area contributed by atoms with E-state index in [9.17, 15) is 14.9 Å². The van der Waals surface area contributed by atoms with Crippen LogP contribution in [0.5, 0.6) is 0 Å². The number of aryl methyl sites for hydroxylation is 2. The van der Waals surface area contributed by atoms with E-state index >= 15 is 0 Å². The van der Waals surface area contributed by atoms with Crippen LogP contribution in [0.1, 0.15) is 51.5 Å². The summed E-state index contributed by atoms with van der Waals surface area (Å²) in [4.78, 5) is 34.3. The number of nitrogens with one attached hydrogen (secondary N) is 1. The number of hydrogen-bond acceptors (Lipinski definition) is 6. The Morgan fingerprint density at radius 1 is 1.00 bits per heavy atom. The summed E-state index contributed by atoms with van der Waals surface area (Å²) < 4.78 is 4.25. The topological polar surface area (TPSA) is 92.2 Å². The minimum atomic E-state index is -0.633. The fourth-order valence-corrected chi connectivity index (χ4v) is 7.82. The van der Waals surface area contributed by atoms with Crippen LogP contribution in [0.4, 0.5) is 5.69 Å². The number of thiazole rings is 1. The molecular formula is C34H29N5O2S2. The van der Waals surface area contributed by atoms with Gasteiger partial charge in [0.1, 0.15) is 11.1 Å². The lowest BCUT2D eigenvalue weighted by Gasteiger charge is -2.25. The van der Waals surface area contributed by atoms with Gasteiger partial charge in [0.25, 0.3) is 11.5 Å². The van der Waals surface area contributed by atoms with Gasteiger partial charge in [0.2, 0.25) is 0 Å². The summed E-state index contributed by atoms with van der Waals surface area (Å²) in [5, 5.41) is 13.7. The van der Waals surface area contributed by atoms with E-state index in [1.54, 1.807) is 15.9 Å². The minimum absolute atomic E-state index is 0.208. The van der Waals surface area contributed by atoms with Crippen molar-refractivity contribution in [3.8, 4) is 11.1 Å². The predicted octanol–water partition coefficient (Wildman–Crippen LogP) is 5.83. The van der Waals surface area contributed by atoms with Gasteiger partial charge in [-0.2, -0.15) is 5.26 Å². The molecule has 1 atom stereocenters. The second kappa shape index (κ2) is 11.1. The van der Waals surface area contributed by atoms with Crippen molar-refractivity contribution in [3.63, 3.8) is 0 Å². The maximum atomic E-state index is 14.1. The van der Waals surface area contributed by atoms with Crippen molar-refractivity contribution < 1.29 is 4.79 Å². The molecule has 1 amide bonds. The maximum Gasteiger partial charge on any atom is 0.271 e. The number of para-hydroxylation sites is 1. The smallest absolute Gasteiger partial charge is 0.271 e. The largest absolute Gasteiger partial charge is 0.322 e. The molecule has 0 aliphatic carbocycles.